The van der Waals surface area contributed by atoms with E-state index in [1.54, 1.807) is 0 Å². The van der Waals surface area contributed by atoms with Crippen molar-refractivity contribution in [2.75, 3.05) is 21.3 Å². The van der Waals surface area contributed by atoms with Gasteiger partial charge >= 0.3 is 11.9 Å². The maximum absolute atomic E-state index is 11.9. The van der Waals surface area contributed by atoms with Gasteiger partial charge in [0.2, 0.25) is 5.88 Å². The van der Waals surface area contributed by atoms with Crippen molar-refractivity contribution in [3.63, 3.8) is 0 Å². The first-order valence-electron chi connectivity index (χ1n) is 7.43. The van der Waals surface area contributed by atoms with Crippen LogP contribution in [0, 0.1) is 6.92 Å². The van der Waals surface area contributed by atoms with Crippen molar-refractivity contribution in [3.8, 4) is 17.1 Å². The number of methoxy groups -OCH3 is 3. The van der Waals surface area contributed by atoms with Crippen molar-refractivity contribution in [2.24, 2.45) is 5.10 Å². The van der Waals surface area contributed by atoms with Crippen LogP contribution in [-0.2, 0) is 19.1 Å². The second-order valence-electron chi connectivity index (χ2n) is 5.03. The molecule has 0 N–H and O–H groups in total. The van der Waals surface area contributed by atoms with Gasteiger partial charge in [0.05, 0.1) is 27.8 Å². The second-order valence-corrected chi connectivity index (χ2v) is 5.03. The zero-order valence-electron chi connectivity index (χ0n) is 14.5. The monoisotopic (exact) mass is 345 g/mol. The Bertz CT molecular complexity index is 796. The van der Waals surface area contributed by atoms with Crippen LogP contribution in [0.25, 0.3) is 11.3 Å². The Morgan fingerprint density at radius 1 is 1.12 bits per heavy atom. The topological polar surface area (TPSA) is 92.0 Å². The van der Waals surface area contributed by atoms with E-state index in [9.17, 15) is 9.59 Å². The van der Waals surface area contributed by atoms with Crippen molar-refractivity contribution in [1.29, 1.82) is 0 Å². The van der Waals surface area contributed by atoms with Gasteiger partial charge in [0.15, 0.2) is 5.71 Å². The molecule has 0 aliphatic rings. The fraction of sp³-hybridized carbons (Fsp3) is 0.294. The molecule has 1 heterocycles. The van der Waals surface area contributed by atoms with Gasteiger partial charge in [-0.1, -0.05) is 30.3 Å². The quantitative estimate of drug-likeness (QED) is 0.586. The van der Waals surface area contributed by atoms with E-state index in [4.69, 9.17) is 4.74 Å². The predicted molar refractivity (Wildman–Crippen MR) is 90.4 cm³/mol. The summed E-state index contributed by atoms with van der Waals surface area (Å²) in [5.74, 6) is -1.01. The summed E-state index contributed by atoms with van der Waals surface area (Å²) in [4.78, 5) is 24.6. The van der Waals surface area contributed by atoms with Crippen LogP contribution in [0.4, 0.5) is 0 Å². The Hall–Kier alpha value is -3.16. The Morgan fingerprint density at radius 2 is 1.80 bits per heavy atom. The molecule has 0 amide bonds. The summed E-state index contributed by atoms with van der Waals surface area (Å²) in [6.45, 7) is 1.83. The van der Waals surface area contributed by atoms with E-state index in [1.807, 2.05) is 37.3 Å². The third-order valence-corrected chi connectivity index (χ3v) is 3.47. The maximum atomic E-state index is 11.9. The summed E-state index contributed by atoms with van der Waals surface area (Å²) < 4.78 is 14.6. The molecule has 0 fully saturated rings. The number of carbonyl (C=O) groups excluding carboxylic acids is 2. The molecular formula is C17H19N3O5. The predicted octanol–water partition coefficient (Wildman–Crippen LogP) is 1.81. The summed E-state index contributed by atoms with van der Waals surface area (Å²) in [7, 11) is 3.91. The molecule has 0 bridgehead atoms. The standard InChI is InChI=1S/C17H19N3O5/c1-11-15(12-8-6-5-7-9-12)19-20(16(11)24-3)18-13(17(22)25-4)10-14(21)23-2/h5-9H,10H2,1-4H3/b18-13-. The number of ether oxygens (including phenoxy) is 3. The molecule has 0 radical (unpaired) electrons. The molecule has 1 aromatic heterocycles. The first-order chi connectivity index (χ1) is 12.0. The minimum atomic E-state index is -0.748. The van der Waals surface area contributed by atoms with Gasteiger partial charge in [-0.2, -0.15) is 0 Å². The molecule has 132 valence electrons. The number of hydrogen-bond acceptors (Lipinski definition) is 7. The van der Waals surface area contributed by atoms with E-state index < -0.39 is 11.9 Å². The van der Waals surface area contributed by atoms with E-state index in [0.717, 1.165) is 11.1 Å². The maximum Gasteiger partial charge on any atom is 0.354 e. The van der Waals surface area contributed by atoms with E-state index >= 15 is 0 Å². The minimum Gasteiger partial charge on any atom is -0.480 e. The highest BCUT2D eigenvalue weighted by Gasteiger charge is 2.21. The van der Waals surface area contributed by atoms with Crippen molar-refractivity contribution in [2.45, 2.75) is 13.3 Å². The number of aromatic nitrogens is 2. The zero-order chi connectivity index (χ0) is 18.4. The van der Waals surface area contributed by atoms with Gasteiger partial charge in [0.1, 0.15) is 5.69 Å². The summed E-state index contributed by atoms with van der Waals surface area (Å²) >= 11 is 0. The summed E-state index contributed by atoms with van der Waals surface area (Å²) in [6, 6.07) is 9.48. The molecule has 2 aromatic rings. The SMILES string of the molecule is COC(=O)C/C(=N/n1nc(-c2ccccc2)c(C)c1OC)C(=O)OC. The number of nitrogens with zero attached hydrogens (tertiary/aromatic N) is 3. The molecule has 0 unspecified atom stereocenters. The third-order valence-electron chi connectivity index (χ3n) is 3.47. The number of rotatable bonds is 6. The molecule has 0 spiro atoms. The molecule has 25 heavy (non-hydrogen) atoms. The molecular weight excluding hydrogens is 326 g/mol. The highest BCUT2D eigenvalue weighted by molar-refractivity contribution is 6.39. The third kappa shape index (κ3) is 4.03. The molecule has 8 nitrogen and oxygen atoms in total. The summed E-state index contributed by atoms with van der Waals surface area (Å²) in [6.07, 6.45) is -0.341. The number of carbonyl (C=O) groups is 2. The molecule has 1 aromatic carbocycles. The minimum absolute atomic E-state index is 0.144. The van der Waals surface area contributed by atoms with Crippen LogP contribution in [-0.4, -0.2) is 48.9 Å². The Labute approximate surface area is 145 Å². The van der Waals surface area contributed by atoms with Gasteiger partial charge in [-0.05, 0) is 6.92 Å². The first kappa shape index (κ1) is 18.2. The Morgan fingerprint density at radius 3 is 2.36 bits per heavy atom. The van der Waals surface area contributed by atoms with Crippen LogP contribution in [0.1, 0.15) is 12.0 Å². The molecule has 2 rings (SSSR count). The molecule has 0 aliphatic heterocycles. The van der Waals surface area contributed by atoms with Gasteiger partial charge < -0.3 is 14.2 Å². The summed E-state index contributed by atoms with van der Waals surface area (Å²) in [5, 5.41) is 8.50. The van der Waals surface area contributed by atoms with Crippen molar-refractivity contribution in [3.05, 3.63) is 35.9 Å². The highest BCUT2D eigenvalue weighted by Crippen LogP contribution is 2.29. The van der Waals surface area contributed by atoms with Crippen LogP contribution >= 0.6 is 0 Å². The lowest BCUT2D eigenvalue weighted by Gasteiger charge is -2.05. The molecule has 0 saturated heterocycles. The highest BCUT2D eigenvalue weighted by atomic mass is 16.5. The van der Waals surface area contributed by atoms with Gasteiger partial charge in [-0.3, -0.25) is 4.79 Å². The molecule has 0 aliphatic carbocycles. The van der Waals surface area contributed by atoms with Crippen LogP contribution in [0.15, 0.2) is 35.4 Å². The van der Waals surface area contributed by atoms with Crippen molar-refractivity contribution >= 4 is 17.7 Å². The van der Waals surface area contributed by atoms with Gasteiger partial charge in [-0.15, -0.1) is 15.0 Å². The van der Waals surface area contributed by atoms with Gasteiger partial charge in [0.25, 0.3) is 0 Å². The lowest BCUT2D eigenvalue weighted by Crippen LogP contribution is -2.22. The lowest BCUT2D eigenvalue weighted by molar-refractivity contribution is -0.140. The normalized spacial score (nSPS) is 11.1. The van der Waals surface area contributed by atoms with Gasteiger partial charge in [0, 0.05) is 11.1 Å². The average Bonchev–Trinajstić information content (AvgIpc) is 2.96. The van der Waals surface area contributed by atoms with Crippen molar-refractivity contribution < 1.29 is 23.8 Å². The fourth-order valence-electron chi connectivity index (χ4n) is 2.23. The molecule has 8 heteroatoms. The van der Waals surface area contributed by atoms with E-state index in [1.165, 1.54) is 26.1 Å². The van der Waals surface area contributed by atoms with E-state index in [-0.39, 0.29) is 12.1 Å². The fourth-order valence-corrected chi connectivity index (χ4v) is 2.23. The zero-order valence-corrected chi connectivity index (χ0v) is 14.5. The first-order valence-corrected chi connectivity index (χ1v) is 7.43. The summed E-state index contributed by atoms with van der Waals surface area (Å²) in [5.41, 5.74) is 2.14. The van der Waals surface area contributed by atoms with Crippen LogP contribution < -0.4 is 4.74 Å². The van der Waals surface area contributed by atoms with Crippen LogP contribution in [0.3, 0.4) is 0 Å². The van der Waals surface area contributed by atoms with Crippen LogP contribution in [0.5, 0.6) is 5.88 Å². The Kier molecular flexibility index (Phi) is 5.89. The van der Waals surface area contributed by atoms with E-state index in [2.05, 4.69) is 19.7 Å². The second kappa shape index (κ2) is 8.09. The van der Waals surface area contributed by atoms with Gasteiger partial charge in [-0.25, -0.2) is 4.79 Å². The average molecular weight is 345 g/mol. The smallest absolute Gasteiger partial charge is 0.354 e. The number of hydrogen-bond donors (Lipinski definition) is 0. The molecule has 0 atom stereocenters. The van der Waals surface area contributed by atoms with Crippen molar-refractivity contribution in [1.82, 2.24) is 9.89 Å². The number of esters is 2. The lowest BCUT2D eigenvalue weighted by atomic mass is 10.1. The van der Waals surface area contributed by atoms with E-state index in [0.29, 0.717) is 11.6 Å². The molecule has 0 saturated carbocycles. The van der Waals surface area contributed by atoms with Crippen LogP contribution in [0.2, 0.25) is 0 Å². The number of benzene rings is 1. The Balaban J connectivity index is 2.52. The largest absolute Gasteiger partial charge is 0.480 e.